The summed E-state index contributed by atoms with van der Waals surface area (Å²) in [6.45, 7) is 0. The first-order valence-corrected chi connectivity index (χ1v) is 9.96. The summed E-state index contributed by atoms with van der Waals surface area (Å²) in [5.41, 5.74) is 0.740. The maximum absolute atomic E-state index is 12.1. The predicted molar refractivity (Wildman–Crippen MR) is 108 cm³/mol. The number of nitrogens with one attached hydrogen (secondary N) is 1. The minimum atomic E-state index is -0.518. The van der Waals surface area contributed by atoms with Gasteiger partial charge < -0.3 is 9.73 Å². The number of hydrogen-bond acceptors (Lipinski definition) is 7. The van der Waals surface area contributed by atoms with Gasteiger partial charge in [0.25, 0.3) is 16.8 Å². The summed E-state index contributed by atoms with van der Waals surface area (Å²) < 4.78 is 7.14. The van der Waals surface area contributed by atoms with E-state index in [2.05, 4.69) is 47.4 Å². The van der Waals surface area contributed by atoms with E-state index in [9.17, 15) is 14.9 Å². The Kier molecular flexibility index (Phi) is 6.24. The molecule has 0 aliphatic carbocycles. The van der Waals surface area contributed by atoms with Gasteiger partial charge in [-0.3, -0.25) is 14.9 Å². The molecular weight excluding hydrogens is 504 g/mol. The number of hydrogen-bond donors (Lipinski definition) is 1. The van der Waals surface area contributed by atoms with Crippen LogP contribution >= 0.6 is 43.6 Å². The van der Waals surface area contributed by atoms with Gasteiger partial charge in [-0.05, 0) is 56.1 Å². The number of nitrogens with zero attached hydrogens (tertiary/aromatic N) is 3. The van der Waals surface area contributed by atoms with Gasteiger partial charge in [-0.25, -0.2) is 0 Å². The minimum Gasteiger partial charge on any atom is -0.411 e. The van der Waals surface area contributed by atoms with E-state index in [-0.39, 0.29) is 34.0 Å². The van der Waals surface area contributed by atoms with Crippen molar-refractivity contribution in [2.45, 2.75) is 5.22 Å². The summed E-state index contributed by atoms with van der Waals surface area (Å²) in [6.07, 6.45) is 0. The van der Waals surface area contributed by atoms with Crippen LogP contribution in [0.5, 0.6) is 0 Å². The van der Waals surface area contributed by atoms with E-state index < -0.39 is 4.92 Å². The summed E-state index contributed by atoms with van der Waals surface area (Å²) in [7, 11) is 0. The third kappa shape index (κ3) is 4.93. The SMILES string of the molecule is O=C(CSc1nnc(-c2ccccc2[N+](=O)[O-])o1)Nc1ccc(Br)c(Br)c1. The molecule has 2 aromatic carbocycles. The lowest BCUT2D eigenvalue weighted by molar-refractivity contribution is -0.384. The zero-order chi connectivity index (χ0) is 19.4. The summed E-state index contributed by atoms with van der Waals surface area (Å²) >= 11 is 7.77. The van der Waals surface area contributed by atoms with Gasteiger partial charge in [-0.2, -0.15) is 0 Å². The molecule has 8 nitrogen and oxygen atoms in total. The van der Waals surface area contributed by atoms with E-state index >= 15 is 0 Å². The molecule has 11 heteroatoms. The fraction of sp³-hybridized carbons (Fsp3) is 0.0625. The molecule has 27 heavy (non-hydrogen) atoms. The van der Waals surface area contributed by atoms with Crippen molar-refractivity contribution in [3.8, 4) is 11.5 Å². The van der Waals surface area contributed by atoms with Crippen LogP contribution in [0, 0.1) is 10.1 Å². The van der Waals surface area contributed by atoms with Gasteiger partial charge in [0.15, 0.2) is 0 Å². The number of carbonyl (C=O) groups excluding carboxylic acids is 1. The maximum atomic E-state index is 12.1. The molecule has 0 atom stereocenters. The number of amides is 1. The van der Waals surface area contributed by atoms with E-state index in [1.54, 1.807) is 24.3 Å². The van der Waals surface area contributed by atoms with Gasteiger partial charge in [-0.15, -0.1) is 10.2 Å². The second-order valence-electron chi connectivity index (χ2n) is 5.11. The van der Waals surface area contributed by atoms with E-state index in [1.807, 2.05) is 6.07 Å². The number of nitro benzene ring substituents is 1. The number of benzene rings is 2. The van der Waals surface area contributed by atoms with Crippen molar-refractivity contribution in [1.29, 1.82) is 0 Å². The van der Waals surface area contributed by atoms with Crippen LogP contribution < -0.4 is 5.32 Å². The van der Waals surface area contributed by atoms with Crippen LogP contribution in [0.4, 0.5) is 11.4 Å². The lowest BCUT2D eigenvalue weighted by atomic mass is 10.2. The van der Waals surface area contributed by atoms with Crippen LogP contribution in [-0.2, 0) is 4.79 Å². The van der Waals surface area contributed by atoms with Crippen molar-refractivity contribution in [1.82, 2.24) is 10.2 Å². The summed E-state index contributed by atoms with van der Waals surface area (Å²) in [6, 6.07) is 11.4. The van der Waals surface area contributed by atoms with Crippen LogP contribution in [0.3, 0.4) is 0 Å². The number of halogens is 2. The number of nitro groups is 1. The Morgan fingerprint density at radius 3 is 2.70 bits per heavy atom. The lowest BCUT2D eigenvalue weighted by Crippen LogP contribution is -2.13. The number of carbonyl (C=O) groups is 1. The van der Waals surface area contributed by atoms with E-state index in [0.29, 0.717) is 5.69 Å². The Morgan fingerprint density at radius 2 is 1.96 bits per heavy atom. The molecule has 1 aromatic heterocycles. The van der Waals surface area contributed by atoms with E-state index in [1.165, 1.54) is 12.1 Å². The van der Waals surface area contributed by atoms with Gasteiger partial charge in [0.1, 0.15) is 5.56 Å². The highest BCUT2D eigenvalue weighted by atomic mass is 79.9. The normalized spacial score (nSPS) is 10.6. The molecule has 0 aliphatic heterocycles. The molecule has 0 spiro atoms. The Morgan fingerprint density at radius 1 is 1.19 bits per heavy atom. The fourth-order valence-corrected chi connectivity index (χ4v) is 3.28. The Hall–Kier alpha value is -2.24. The van der Waals surface area contributed by atoms with Crippen molar-refractivity contribution in [2.24, 2.45) is 0 Å². The van der Waals surface area contributed by atoms with Crippen molar-refractivity contribution < 1.29 is 14.1 Å². The second kappa shape index (κ2) is 8.63. The maximum Gasteiger partial charge on any atom is 0.282 e. The zero-order valence-corrected chi connectivity index (χ0v) is 17.4. The van der Waals surface area contributed by atoms with E-state index in [0.717, 1.165) is 20.7 Å². The fourth-order valence-electron chi connectivity index (χ4n) is 2.09. The highest BCUT2D eigenvalue weighted by molar-refractivity contribution is 9.13. The Bertz CT molecular complexity index is 1010. The minimum absolute atomic E-state index is 0.0297. The molecule has 138 valence electrons. The van der Waals surface area contributed by atoms with Gasteiger partial charge in [-0.1, -0.05) is 23.9 Å². The first-order valence-electron chi connectivity index (χ1n) is 7.39. The molecule has 1 heterocycles. The quantitative estimate of drug-likeness (QED) is 0.283. The second-order valence-corrected chi connectivity index (χ2v) is 7.75. The molecule has 3 aromatic rings. The molecule has 1 N–H and O–H groups in total. The average molecular weight is 514 g/mol. The molecule has 0 fully saturated rings. The lowest BCUT2D eigenvalue weighted by Gasteiger charge is -2.05. The van der Waals surface area contributed by atoms with Crippen LogP contribution in [0.25, 0.3) is 11.5 Å². The van der Waals surface area contributed by atoms with Gasteiger partial charge in [0, 0.05) is 20.7 Å². The number of aromatic nitrogens is 2. The average Bonchev–Trinajstić information content (AvgIpc) is 3.12. The molecule has 0 bridgehead atoms. The third-order valence-corrected chi connectivity index (χ3v) is 5.97. The molecule has 0 radical (unpaired) electrons. The van der Waals surface area contributed by atoms with Crippen molar-refractivity contribution >= 4 is 60.9 Å². The van der Waals surface area contributed by atoms with Crippen molar-refractivity contribution in [3.63, 3.8) is 0 Å². The smallest absolute Gasteiger partial charge is 0.282 e. The standard InChI is InChI=1S/C16H10Br2N4O4S/c17-11-6-5-9(7-12(11)18)19-14(23)8-27-16-21-20-15(26-16)10-3-1-2-4-13(10)22(24)25/h1-7H,8H2,(H,19,23). The molecule has 0 unspecified atom stereocenters. The van der Waals surface area contributed by atoms with Crippen molar-refractivity contribution in [3.05, 3.63) is 61.5 Å². The van der Waals surface area contributed by atoms with Gasteiger partial charge in [0.2, 0.25) is 5.91 Å². The Balaban J connectivity index is 1.64. The van der Waals surface area contributed by atoms with Crippen LogP contribution in [0.2, 0.25) is 0 Å². The third-order valence-electron chi connectivity index (χ3n) is 3.27. The largest absolute Gasteiger partial charge is 0.411 e. The van der Waals surface area contributed by atoms with Crippen LogP contribution in [0.1, 0.15) is 0 Å². The molecule has 0 aliphatic rings. The van der Waals surface area contributed by atoms with E-state index in [4.69, 9.17) is 4.42 Å². The summed E-state index contributed by atoms with van der Waals surface area (Å²) in [5.74, 6) is -0.173. The monoisotopic (exact) mass is 512 g/mol. The first-order chi connectivity index (χ1) is 12.9. The topological polar surface area (TPSA) is 111 Å². The summed E-state index contributed by atoms with van der Waals surface area (Å²) in [4.78, 5) is 22.6. The molecule has 0 saturated heterocycles. The Labute approximate surface area is 174 Å². The number of rotatable bonds is 6. The molecule has 3 rings (SSSR count). The number of anilines is 1. The highest BCUT2D eigenvalue weighted by Gasteiger charge is 2.20. The predicted octanol–water partition coefficient (Wildman–Crippen LogP) is 4.90. The van der Waals surface area contributed by atoms with Crippen LogP contribution in [0.15, 0.2) is 61.0 Å². The van der Waals surface area contributed by atoms with Crippen LogP contribution in [-0.4, -0.2) is 26.8 Å². The summed E-state index contributed by atoms with van der Waals surface area (Å²) in [5, 5.41) is 21.6. The van der Waals surface area contributed by atoms with Gasteiger partial charge >= 0.3 is 0 Å². The zero-order valence-electron chi connectivity index (χ0n) is 13.4. The number of para-hydroxylation sites is 1. The molecule has 1 amide bonds. The molecular formula is C16H10Br2N4O4S. The highest BCUT2D eigenvalue weighted by Crippen LogP contribution is 2.30. The van der Waals surface area contributed by atoms with Crippen molar-refractivity contribution in [2.75, 3.05) is 11.1 Å². The molecule has 0 saturated carbocycles. The van der Waals surface area contributed by atoms with Gasteiger partial charge in [0.05, 0.1) is 10.7 Å². The number of thioether (sulfide) groups is 1. The first kappa shape index (κ1) is 19.5.